The second-order valence-electron chi connectivity index (χ2n) is 6.04. The number of hydrogen-bond donors (Lipinski definition) is 0. The average molecular weight is 240 g/mol. The van der Waals surface area contributed by atoms with Crippen molar-refractivity contribution in [2.24, 2.45) is 0 Å². The minimum atomic E-state index is -0.955. The van der Waals surface area contributed by atoms with Gasteiger partial charge < -0.3 is 4.74 Å². The Morgan fingerprint density at radius 2 is 2.00 bits per heavy atom. The average Bonchev–Trinajstić information content (AvgIpc) is 2.23. The zero-order valence-electron chi connectivity index (χ0n) is 11.3. The van der Waals surface area contributed by atoms with Crippen LogP contribution in [0.25, 0.3) is 0 Å². The summed E-state index contributed by atoms with van der Waals surface area (Å²) in [6, 6.07) is 0. The van der Waals surface area contributed by atoms with Crippen LogP contribution in [0.5, 0.6) is 0 Å². The molecule has 1 aliphatic heterocycles. The third-order valence-corrected chi connectivity index (χ3v) is 4.27. The smallest absolute Gasteiger partial charge is 0.0682 e. The summed E-state index contributed by atoms with van der Waals surface area (Å²) in [5.41, 5.74) is 2.46. The highest BCUT2D eigenvalue weighted by molar-refractivity contribution is 6.80. The van der Waals surface area contributed by atoms with Crippen LogP contribution in [0.2, 0.25) is 19.6 Å². The van der Waals surface area contributed by atoms with Crippen LogP contribution in [0, 0.1) is 0 Å². The van der Waals surface area contributed by atoms with Gasteiger partial charge in [0.15, 0.2) is 0 Å². The molecule has 0 radical (unpaired) electrons. The lowest BCUT2D eigenvalue weighted by molar-refractivity contribution is 0.00990. The summed E-state index contributed by atoms with van der Waals surface area (Å²) in [6.07, 6.45) is 12.1. The lowest BCUT2D eigenvalue weighted by atomic mass is 10.0. The third kappa shape index (κ3) is 7.23. The van der Waals surface area contributed by atoms with Gasteiger partial charge in [-0.2, -0.15) is 0 Å². The summed E-state index contributed by atoms with van der Waals surface area (Å²) in [5, 5.41) is 0. The van der Waals surface area contributed by atoms with Crippen molar-refractivity contribution >= 4 is 8.07 Å². The molecule has 1 rings (SSSR count). The van der Waals surface area contributed by atoms with Crippen molar-refractivity contribution < 1.29 is 4.74 Å². The first-order chi connectivity index (χ1) is 7.58. The molecular weight excluding hydrogens is 212 g/mol. The summed E-state index contributed by atoms with van der Waals surface area (Å²) in [7, 11) is -0.955. The molecule has 16 heavy (non-hydrogen) atoms. The fourth-order valence-electron chi connectivity index (χ4n) is 2.11. The second kappa shape index (κ2) is 7.28. The molecule has 2 heteroatoms. The molecule has 0 aromatic rings. The molecule has 0 saturated carbocycles. The first-order valence-electron chi connectivity index (χ1n) is 6.87. The molecule has 1 fully saturated rings. The molecule has 1 aliphatic rings. The van der Waals surface area contributed by atoms with E-state index in [2.05, 4.69) is 31.4 Å². The maximum Gasteiger partial charge on any atom is 0.0682 e. The van der Waals surface area contributed by atoms with Gasteiger partial charge in [-0.05, 0) is 38.5 Å². The Labute approximate surface area is 102 Å². The number of rotatable bonds is 6. The first-order valence-corrected chi connectivity index (χ1v) is 10.4. The van der Waals surface area contributed by atoms with Gasteiger partial charge in [0.05, 0.1) is 14.2 Å². The lowest BCUT2D eigenvalue weighted by Crippen LogP contribution is -2.18. The van der Waals surface area contributed by atoms with Crippen molar-refractivity contribution in [3.05, 3.63) is 11.8 Å². The standard InChI is InChI=1S/C14H28OSi/c1-16(2,3)13-9-5-4-6-10-14-11-7-8-12-15-14/h9,13-14H,4-8,10-12H2,1-3H3. The predicted octanol–water partition coefficient (Wildman–Crippen LogP) is 4.55. The second-order valence-corrected chi connectivity index (χ2v) is 11.1. The van der Waals surface area contributed by atoms with E-state index in [0.717, 1.165) is 6.61 Å². The summed E-state index contributed by atoms with van der Waals surface area (Å²) >= 11 is 0. The van der Waals surface area contributed by atoms with Gasteiger partial charge in [0, 0.05) is 6.61 Å². The summed E-state index contributed by atoms with van der Waals surface area (Å²) in [6.45, 7) is 8.16. The van der Waals surface area contributed by atoms with Crippen LogP contribution < -0.4 is 0 Å². The van der Waals surface area contributed by atoms with Gasteiger partial charge in [-0.1, -0.05) is 37.8 Å². The van der Waals surface area contributed by atoms with E-state index in [9.17, 15) is 0 Å². The SMILES string of the molecule is C[Si](C)(C)C=CCCCCC1CCCCO1. The van der Waals surface area contributed by atoms with Crippen molar-refractivity contribution in [3.63, 3.8) is 0 Å². The fraction of sp³-hybridized carbons (Fsp3) is 0.857. The summed E-state index contributed by atoms with van der Waals surface area (Å²) in [4.78, 5) is 0. The summed E-state index contributed by atoms with van der Waals surface area (Å²) in [5.74, 6) is 0. The van der Waals surface area contributed by atoms with E-state index in [1.165, 1.54) is 44.9 Å². The van der Waals surface area contributed by atoms with Gasteiger partial charge in [-0.15, -0.1) is 0 Å². The minimum Gasteiger partial charge on any atom is -0.378 e. The van der Waals surface area contributed by atoms with E-state index in [4.69, 9.17) is 4.74 Å². The molecule has 1 atom stereocenters. The van der Waals surface area contributed by atoms with E-state index in [0.29, 0.717) is 6.10 Å². The molecule has 0 aliphatic carbocycles. The van der Waals surface area contributed by atoms with Crippen molar-refractivity contribution in [2.45, 2.75) is 70.7 Å². The summed E-state index contributed by atoms with van der Waals surface area (Å²) < 4.78 is 5.73. The Bertz CT molecular complexity index is 199. The normalized spacial score (nSPS) is 22.8. The quantitative estimate of drug-likeness (QED) is 0.489. The van der Waals surface area contributed by atoms with Crippen LogP contribution >= 0.6 is 0 Å². The molecule has 1 unspecified atom stereocenters. The molecule has 94 valence electrons. The van der Waals surface area contributed by atoms with Crippen molar-refractivity contribution in [2.75, 3.05) is 6.61 Å². The van der Waals surface area contributed by atoms with Crippen LogP contribution in [-0.4, -0.2) is 20.8 Å². The van der Waals surface area contributed by atoms with Crippen LogP contribution in [0.4, 0.5) is 0 Å². The largest absolute Gasteiger partial charge is 0.378 e. The van der Waals surface area contributed by atoms with Crippen molar-refractivity contribution in [1.29, 1.82) is 0 Å². The molecule has 0 bridgehead atoms. The Hall–Kier alpha value is -0.0831. The Balaban J connectivity index is 1.97. The van der Waals surface area contributed by atoms with Crippen LogP contribution in [-0.2, 0) is 4.74 Å². The van der Waals surface area contributed by atoms with Crippen molar-refractivity contribution in [1.82, 2.24) is 0 Å². The maximum absolute atomic E-state index is 5.73. The number of ether oxygens (including phenoxy) is 1. The van der Waals surface area contributed by atoms with Crippen LogP contribution in [0.1, 0.15) is 44.9 Å². The predicted molar refractivity (Wildman–Crippen MR) is 74.5 cm³/mol. The van der Waals surface area contributed by atoms with Gasteiger partial charge in [0.25, 0.3) is 0 Å². The molecule has 1 nitrogen and oxygen atoms in total. The third-order valence-electron chi connectivity index (χ3n) is 3.04. The number of unbranched alkanes of at least 4 members (excludes halogenated alkanes) is 2. The van der Waals surface area contributed by atoms with E-state index in [1.807, 2.05) is 0 Å². The highest BCUT2D eigenvalue weighted by Crippen LogP contribution is 2.18. The lowest BCUT2D eigenvalue weighted by Gasteiger charge is -2.22. The number of allylic oxidation sites excluding steroid dienone is 1. The first kappa shape index (κ1) is 14.0. The minimum absolute atomic E-state index is 0.578. The van der Waals surface area contributed by atoms with E-state index in [-0.39, 0.29) is 0 Å². The maximum atomic E-state index is 5.73. The van der Waals surface area contributed by atoms with Crippen LogP contribution in [0.15, 0.2) is 11.8 Å². The van der Waals surface area contributed by atoms with Gasteiger partial charge in [-0.3, -0.25) is 0 Å². The molecule has 0 aromatic carbocycles. The zero-order valence-corrected chi connectivity index (χ0v) is 12.3. The van der Waals surface area contributed by atoms with E-state index in [1.54, 1.807) is 0 Å². The number of hydrogen-bond acceptors (Lipinski definition) is 1. The molecule has 0 N–H and O–H groups in total. The van der Waals surface area contributed by atoms with E-state index < -0.39 is 8.07 Å². The van der Waals surface area contributed by atoms with Gasteiger partial charge in [-0.25, -0.2) is 0 Å². The van der Waals surface area contributed by atoms with Gasteiger partial charge in [0.1, 0.15) is 0 Å². The van der Waals surface area contributed by atoms with Crippen molar-refractivity contribution in [3.8, 4) is 0 Å². The molecular formula is C14H28OSi. The zero-order chi connectivity index (χ0) is 11.9. The molecule has 0 amide bonds. The molecule has 1 saturated heterocycles. The molecule has 0 spiro atoms. The van der Waals surface area contributed by atoms with Gasteiger partial charge >= 0.3 is 0 Å². The fourth-order valence-corrected chi connectivity index (χ4v) is 2.98. The topological polar surface area (TPSA) is 9.23 Å². The monoisotopic (exact) mass is 240 g/mol. The Morgan fingerprint density at radius 3 is 2.62 bits per heavy atom. The van der Waals surface area contributed by atoms with E-state index >= 15 is 0 Å². The molecule has 0 aromatic heterocycles. The molecule has 1 heterocycles. The van der Waals surface area contributed by atoms with Crippen LogP contribution in [0.3, 0.4) is 0 Å². The Kier molecular flexibility index (Phi) is 6.36. The highest BCUT2D eigenvalue weighted by atomic mass is 28.3. The Morgan fingerprint density at radius 1 is 1.19 bits per heavy atom. The van der Waals surface area contributed by atoms with Gasteiger partial charge in [0.2, 0.25) is 0 Å². The highest BCUT2D eigenvalue weighted by Gasteiger charge is 2.12.